The van der Waals surface area contributed by atoms with E-state index >= 15 is 0 Å². The lowest BCUT2D eigenvalue weighted by molar-refractivity contribution is -0.136. The highest BCUT2D eigenvalue weighted by Gasteiger charge is 2.34. The van der Waals surface area contributed by atoms with E-state index in [1.165, 1.54) is 18.3 Å². The maximum Gasteiger partial charge on any atom is 0.349 e. The predicted octanol–water partition coefficient (Wildman–Crippen LogP) is 1.72. The molecule has 1 aliphatic heterocycles. The van der Waals surface area contributed by atoms with Crippen LogP contribution in [0.5, 0.6) is 0 Å². The fraction of sp³-hybridized carbons (Fsp3) is 0.500. The molecule has 0 spiro atoms. The highest BCUT2D eigenvalue weighted by atomic mass is 32.1. The normalized spacial score (nSPS) is 19.3. The standard InChI is InChI=1S/C14H16N2O4S/c1-8(12(17)16-6-5-15-14(16)19)20-13(18)11-10(4-7-21-11)9-2-3-9/h4,7-9H,2-3,5-6H2,1H3,(H,15,19)/t8-/m0/s1. The Morgan fingerprint density at radius 1 is 1.48 bits per heavy atom. The van der Waals surface area contributed by atoms with Crippen molar-refractivity contribution in [2.24, 2.45) is 0 Å². The van der Waals surface area contributed by atoms with Gasteiger partial charge in [-0.2, -0.15) is 0 Å². The van der Waals surface area contributed by atoms with Gasteiger partial charge in [0.25, 0.3) is 5.91 Å². The first-order valence-electron chi connectivity index (χ1n) is 6.95. The maximum atomic E-state index is 12.2. The maximum absolute atomic E-state index is 12.2. The number of imide groups is 1. The molecule has 1 aromatic rings. The second-order valence-electron chi connectivity index (χ2n) is 5.25. The van der Waals surface area contributed by atoms with Gasteiger partial charge in [-0.05, 0) is 42.7 Å². The van der Waals surface area contributed by atoms with Crippen LogP contribution in [-0.4, -0.2) is 42.0 Å². The number of urea groups is 1. The largest absolute Gasteiger partial charge is 0.448 e. The average Bonchev–Trinajstić information content (AvgIpc) is 3.02. The zero-order valence-corrected chi connectivity index (χ0v) is 12.4. The number of hydrogen-bond donors (Lipinski definition) is 1. The molecule has 1 aromatic heterocycles. The van der Waals surface area contributed by atoms with E-state index in [9.17, 15) is 14.4 Å². The van der Waals surface area contributed by atoms with Gasteiger partial charge in [0.15, 0.2) is 6.10 Å². The number of hydrogen-bond acceptors (Lipinski definition) is 5. The first kappa shape index (κ1) is 14.1. The fourth-order valence-electron chi connectivity index (χ4n) is 2.37. The van der Waals surface area contributed by atoms with Gasteiger partial charge in [-0.15, -0.1) is 11.3 Å². The first-order chi connectivity index (χ1) is 10.1. The van der Waals surface area contributed by atoms with Gasteiger partial charge in [-0.25, -0.2) is 9.59 Å². The van der Waals surface area contributed by atoms with Crippen LogP contribution in [0.4, 0.5) is 4.79 Å². The van der Waals surface area contributed by atoms with Crippen LogP contribution in [0.15, 0.2) is 11.4 Å². The lowest BCUT2D eigenvalue weighted by Crippen LogP contribution is -2.41. The monoisotopic (exact) mass is 308 g/mol. The van der Waals surface area contributed by atoms with Crippen molar-refractivity contribution in [1.82, 2.24) is 10.2 Å². The second-order valence-corrected chi connectivity index (χ2v) is 6.16. The third-order valence-corrected chi connectivity index (χ3v) is 4.56. The Morgan fingerprint density at radius 3 is 2.86 bits per heavy atom. The molecule has 21 heavy (non-hydrogen) atoms. The number of ether oxygens (including phenoxy) is 1. The molecule has 3 rings (SSSR count). The van der Waals surface area contributed by atoms with E-state index in [-0.39, 0.29) is 0 Å². The van der Waals surface area contributed by atoms with Crippen LogP contribution in [-0.2, 0) is 9.53 Å². The zero-order chi connectivity index (χ0) is 15.0. The second kappa shape index (κ2) is 5.48. The molecule has 0 unspecified atom stereocenters. The van der Waals surface area contributed by atoms with Gasteiger partial charge in [0.05, 0.1) is 0 Å². The molecular weight excluding hydrogens is 292 g/mol. The van der Waals surface area contributed by atoms with E-state index in [2.05, 4.69) is 5.32 Å². The van der Waals surface area contributed by atoms with E-state index in [1.54, 1.807) is 0 Å². The van der Waals surface area contributed by atoms with E-state index < -0.39 is 24.0 Å². The summed E-state index contributed by atoms with van der Waals surface area (Å²) in [4.78, 5) is 37.4. The molecule has 6 nitrogen and oxygen atoms in total. The Kier molecular flexibility index (Phi) is 3.67. The van der Waals surface area contributed by atoms with Crippen molar-refractivity contribution in [3.05, 3.63) is 21.9 Å². The predicted molar refractivity (Wildman–Crippen MR) is 76.3 cm³/mol. The van der Waals surface area contributed by atoms with Crippen molar-refractivity contribution in [2.45, 2.75) is 31.8 Å². The summed E-state index contributed by atoms with van der Waals surface area (Å²) in [6, 6.07) is 1.51. The van der Waals surface area contributed by atoms with Crippen molar-refractivity contribution >= 4 is 29.2 Å². The van der Waals surface area contributed by atoms with Gasteiger partial charge in [0.1, 0.15) is 4.88 Å². The highest BCUT2D eigenvalue weighted by molar-refractivity contribution is 7.12. The van der Waals surface area contributed by atoms with Crippen molar-refractivity contribution < 1.29 is 19.1 Å². The summed E-state index contributed by atoms with van der Waals surface area (Å²) in [6.45, 7) is 2.24. The topological polar surface area (TPSA) is 75.7 Å². The number of nitrogens with zero attached hydrogens (tertiary/aromatic N) is 1. The molecule has 3 amide bonds. The van der Waals surface area contributed by atoms with Crippen LogP contribution in [0.3, 0.4) is 0 Å². The Labute approximate surface area is 126 Å². The van der Waals surface area contributed by atoms with E-state index in [4.69, 9.17) is 4.74 Å². The average molecular weight is 308 g/mol. The van der Waals surface area contributed by atoms with Crippen LogP contribution < -0.4 is 5.32 Å². The van der Waals surface area contributed by atoms with Gasteiger partial charge in [-0.3, -0.25) is 9.69 Å². The van der Waals surface area contributed by atoms with Gasteiger partial charge < -0.3 is 10.1 Å². The van der Waals surface area contributed by atoms with E-state index in [1.807, 2.05) is 11.4 Å². The molecule has 112 valence electrons. The van der Waals surface area contributed by atoms with Gasteiger partial charge in [0, 0.05) is 13.1 Å². The van der Waals surface area contributed by atoms with Gasteiger partial charge in [-0.1, -0.05) is 0 Å². The molecule has 0 aromatic carbocycles. The summed E-state index contributed by atoms with van der Waals surface area (Å²) < 4.78 is 5.24. The molecule has 2 aliphatic rings. The Hall–Kier alpha value is -1.89. The number of carbonyl (C=O) groups is 3. The van der Waals surface area contributed by atoms with Crippen molar-refractivity contribution in [1.29, 1.82) is 0 Å². The molecular formula is C14H16N2O4S. The quantitative estimate of drug-likeness (QED) is 0.859. The number of esters is 1. The van der Waals surface area contributed by atoms with Crippen LogP contribution in [0, 0.1) is 0 Å². The fourth-order valence-corrected chi connectivity index (χ4v) is 3.23. The molecule has 1 aliphatic carbocycles. The Bertz CT molecular complexity index is 594. The smallest absolute Gasteiger partial charge is 0.349 e. The van der Waals surface area contributed by atoms with Crippen molar-refractivity contribution in [3.8, 4) is 0 Å². The molecule has 0 bridgehead atoms. The SMILES string of the molecule is C[C@H](OC(=O)c1sccc1C1CC1)C(=O)N1CCNC1=O. The lowest BCUT2D eigenvalue weighted by Gasteiger charge is -2.18. The van der Waals surface area contributed by atoms with Crippen LogP contribution >= 0.6 is 11.3 Å². The summed E-state index contributed by atoms with van der Waals surface area (Å²) in [5.41, 5.74) is 1.02. The first-order valence-corrected chi connectivity index (χ1v) is 7.83. The third-order valence-electron chi connectivity index (χ3n) is 3.65. The number of nitrogens with one attached hydrogen (secondary N) is 1. The summed E-state index contributed by atoms with van der Waals surface area (Å²) in [6.07, 6.45) is 1.23. The number of rotatable bonds is 4. The minimum Gasteiger partial charge on any atom is -0.448 e. The Morgan fingerprint density at radius 2 is 2.24 bits per heavy atom. The van der Waals surface area contributed by atoms with E-state index in [0.29, 0.717) is 23.9 Å². The van der Waals surface area contributed by atoms with Crippen LogP contribution in [0.1, 0.15) is 40.9 Å². The molecule has 0 radical (unpaired) electrons. The third kappa shape index (κ3) is 2.78. The number of thiophene rings is 1. The summed E-state index contributed by atoms with van der Waals surface area (Å²) in [5, 5.41) is 4.41. The summed E-state index contributed by atoms with van der Waals surface area (Å²) >= 11 is 1.33. The summed E-state index contributed by atoms with van der Waals surface area (Å²) in [5.74, 6) is -0.510. The number of amides is 3. The minimum absolute atomic E-state index is 0.311. The molecule has 1 N–H and O–H groups in total. The molecule has 2 heterocycles. The van der Waals surface area contributed by atoms with Crippen LogP contribution in [0.2, 0.25) is 0 Å². The van der Waals surface area contributed by atoms with Crippen molar-refractivity contribution in [2.75, 3.05) is 13.1 Å². The molecule has 2 fully saturated rings. The molecule has 1 atom stereocenters. The Balaban J connectivity index is 1.65. The molecule has 7 heteroatoms. The van der Waals surface area contributed by atoms with Crippen molar-refractivity contribution in [3.63, 3.8) is 0 Å². The number of carbonyl (C=O) groups excluding carboxylic acids is 3. The lowest BCUT2D eigenvalue weighted by atomic mass is 10.2. The molecule has 1 saturated heterocycles. The zero-order valence-electron chi connectivity index (χ0n) is 11.6. The van der Waals surface area contributed by atoms with E-state index in [0.717, 1.165) is 23.3 Å². The van der Waals surface area contributed by atoms with Gasteiger partial charge >= 0.3 is 12.0 Å². The van der Waals surface area contributed by atoms with Crippen LogP contribution in [0.25, 0.3) is 0 Å². The van der Waals surface area contributed by atoms with Gasteiger partial charge in [0.2, 0.25) is 0 Å². The molecule has 1 saturated carbocycles. The highest BCUT2D eigenvalue weighted by Crippen LogP contribution is 2.43. The summed E-state index contributed by atoms with van der Waals surface area (Å²) in [7, 11) is 0. The minimum atomic E-state index is -0.962.